The molecule has 0 aromatic heterocycles. The quantitative estimate of drug-likeness (QED) is 0.682. The van der Waals surface area contributed by atoms with Gasteiger partial charge >= 0.3 is 0 Å². The van der Waals surface area contributed by atoms with Gasteiger partial charge in [0.15, 0.2) is 0 Å². The number of methoxy groups -OCH3 is 1. The van der Waals surface area contributed by atoms with Gasteiger partial charge in [-0.15, -0.1) is 0 Å². The number of amides is 3. The molecule has 3 amide bonds. The van der Waals surface area contributed by atoms with Crippen molar-refractivity contribution in [2.45, 2.75) is 12.8 Å². The molecular weight excluding hydrogens is 370 g/mol. The first-order chi connectivity index (χ1) is 14.0. The first-order valence-electron chi connectivity index (χ1n) is 9.60. The molecule has 0 heterocycles. The molecule has 7 nitrogen and oxygen atoms in total. The Kier molecular flexibility index (Phi) is 6.84. The van der Waals surface area contributed by atoms with E-state index in [0.29, 0.717) is 29.5 Å². The van der Waals surface area contributed by atoms with Gasteiger partial charge in [0.05, 0.1) is 20.2 Å². The van der Waals surface area contributed by atoms with E-state index < -0.39 is 0 Å². The van der Waals surface area contributed by atoms with E-state index in [2.05, 4.69) is 10.6 Å². The lowest BCUT2D eigenvalue weighted by Crippen LogP contribution is -2.43. The highest BCUT2D eigenvalue weighted by Crippen LogP contribution is 2.30. The zero-order valence-corrected chi connectivity index (χ0v) is 16.4. The minimum atomic E-state index is -0.361. The van der Waals surface area contributed by atoms with E-state index in [4.69, 9.17) is 4.74 Å². The molecule has 0 atom stereocenters. The first kappa shape index (κ1) is 20.4. The Labute approximate surface area is 170 Å². The van der Waals surface area contributed by atoms with Crippen LogP contribution in [-0.2, 0) is 9.59 Å². The van der Waals surface area contributed by atoms with E-state index >= 15 is 0 Å². The van der Waals surface area contributed by atoms with E-state index in [1.165, 1.54) is 0 Å². The van der Waals surface area contributed by atoms with E-state index in [1.54, 1.807) is 60.5 Å². The summed E-state index contributed by atoms with van der Waals surface area (Å²) in [6, 6.07) is 15.8. The van der Waals surface area contributed by atoms with E-state index in [0.717, 1.165) is 12.8 Å². The summed E-state index contributed by atoms with van der Waals surface area (Å²) in [6.45, 7) is 0.320. The van der Waals surface area contributed by atoms with Gasteiger partial charge in [-0.25, -0.2) is 0 Å². The topological polar surface area (TPSA) is 87.7 Å². The molecule has 1 aliphatic rings. The Morgan fingerprint density at radius 2 is 1.69 bits per heavy atom. The molecule has 0 radical (unpaired) electrons. The smallest absolute Gasteiger partial charge is 0.254 e. The Morgan fingerprint density at radius 3 is 2.31 bits per heavy atom. The Hall–Kier alpha value is -3.35. The van der Waals surface area contributed by atoms with Crippen LogP contribution in [0.25, 0.3) is 0 Å². The summed E-state index contributed by atoms with van der Waals surface area (Å²) >= 11 is 0. The highest BCUT2D eigenvalue weighted by molar-refractivity contribution is 5.98. The van der Waals surface area contributed by atoms with Crippen LogP contribution < -0.4 is 15.4 Å². The van der Waals surface area contributed by atoms with Gasteiger partial charge in [-0.05, 0) is 55.2 Å². The van der Waals surface area contributed by atoms with E-state index in [1.807, 2.05) is 6.07 Å². The third-order valence-electron chi connectivity index (χ3n) is 4.64. The molecule has 2 aromatic rings. The summed E-state index contributed by atoms with van der Waals surface area (Å²) in [7, 11) is 1.57. The zero-order chi connectivity index (χ0) is 20.6. The van der Waals surface area contributed by atoms with Gasteiger partial charge in [-0.3, -0.25) is 14.4 Å². The summed E-state index contributed by atoms with van der Waals surface area (Å²) in [5.74, 6) is 0.269. The third kappa shape index (κ3) is 6.34. The Balaban J connectivity index is 1.50. The molecule has 2 N–H and O–H groups in total. The Bertz CT molecular complexity index is 848. The number of nitrogens with one attached hydrogen (secondary N) is 2. The van der Waals surface area contributed by atoms with Crippen molar-refractivity contribution >= 4 is 23.4 Å². The lowest BCUT2D eigenvalue weighted by molar-refractivity contribution is -0.124. The minimum absolute atomic E-state index is 0.0694. The molecule has 0 spiro atoms. The largest absolute Gasteiger partial charge is 0.497 e. The number of carbonyl (C=O) groups excluding carboxylic acids is 3. The molecule has 0 bridgehead atoms. The van der Waals surface area contributed by atoms with Crippen molar-refractivity contribution in [3.05, 3.63) is 60.2 Å². The number of ether oxygens (including phenoxy) is 1. The van der Waals surface area contributed by atoms with Crippen molar-refractivity contribution in [3.8, 4) is 5.75 Å². The minimum Gasteiger partial charge on any atom is -0.497 e. The standard InChI is InChI=1S/C22H25N3O4/c1-29-19-11-9-18(10-12-19)24-20(26)13-23-21(27)15-25(14-16-7-8-16)22(28)17-5-3-2-4-6-17/h2-6,9-12,16H,7-8,13-15H2,1H3,(H,23,27)(H,24,26). The van der Waals surface area contributed by atoms with Gasteiger partial charge in [-0.2, -0.15) is 0 Å². The van der Waals surface area contributed by atoms with Crippen LogP contribution >= 0.6 is 0 Å². The van der Waals surface area contributed by atoms with Crippen LogP contribution in [0.3, 0.4) is 0 Å². The molecule has 7 heteroatoms. The van der Waals surface area contributed by atoms with Gasteiger partial charge in [0, 0.05) is 17.8 Å². The maximum atomic E-state index is 12.7. The summed E-state index contributed by atoms with van der Waals surface area (Å²) in [6.07, 6.45) is 2.15. The maximum Gasteiger partial charge on any atom is 0.254 e. The van der Waals surface area contributed by atoms with Gasteiger partial charge in [0.2, 0.25) is 11.8 Å². The number of rotatable bonds is 9. The lowest BCUT2D eigenvalue weighted by atomic mass is 10.2. The molecule has 3 rings (SSSR count). The van der Waals surface area contributed by atoms with Gasteiger partial charge in [0.1, 0.15) is 5.75 Å². The predicted octanol–water partition coefficient (Wildman–Crippen LogP) is 2.30. The monoisotopic (exact) mass is 395 g/mol. The summed E-state index contributed by atoms with van der Waals surface area (Å²) in [4.78, 5) is 38.7. The molecule has 0 aliphatic heterocycles. The normalized spacial score (nSPS) is 12.7. The van der Waals surface area contributed by atoms with E-state index in [-0.39, 0.29) is 30.8 Å². The molecule has 29 heavy (non-hydrogen) atoms. The second-order valence-electron chi connectivity index (χ2n) is 7.05. The summed E-state index contributed by atoms with van der Waals surface area (Å²) < 4.78 is 5.07. The van der Waals surface area contributed by atoms with Crippen LogP contribution in [0.1, 0.15) is 23.2 Å². The first-order valence-corrected chi connectivity index (χ1v) is 9.60. The second kappa shape index (κ2) is 9.73. The van der Waals surface area contributed by atoms with Crippen LogP contribution in [0.2, 0.25) is 0 Å². The maximum absolute atomic E-state index is 12.7. The molecular formula is C22H25N3O4. The fraction of sp³-hybridized carbons (Fsp3) is 0.318. The van der Waals surface area contributed by atoms with Gasteiger partial charge < -0.3 is 20.3 Å². The van der Waals surface area contributed by atoms with Crippen LogP contribution in [0.5, 0.6) is 5.75 Å². The second-order valence-corrected chi connectivity index (χ2v) is 7.05. The number of hydrogen-bond donors (Lipinski definition) is 2. The van der Waals surface area contributed by atoms with Crippen molar-refractivity contribution < 1.29 is 19.1 Å². The number of carbonyl (C=O) groups is 3. The molecule has 152 valence electrons. The highest BCUT2D eigenvalue weighted by atomic mass is 16.5. The van der Waals surface area contributed by atoms with Crippen LogP contribution in [0.15, 0.2) is 54.6 Å². The molecule has 0 saturated heterocycles. The van der Waals surface area contributed by atoms with Crippen molar-refractivity contribution in [1.82, 2.24) is 10.2 Å². The summed E-state index contributed by atoms with van der Waals surface area (Å²) in [5.41, 5.74) is 1.16. The van der Waals surface area contributed by atoms with Gasteiger partial charge in [-0.1, -0.05) is 18.2 Å². The van der Waals surface area contributed by atoms with Crippen molar-refractivity contribution in [1.29, 1.82) is 0 Å². The summed E-state index contributed by atoms with van der Waals surface area (Å²) in [5, 5.41) is 5.29. The molecule has 2 aromatic carbocycles. The number of hydrogen-bond acceptors (Lipinski definition) is 4. The van der Waals surface area contributed by atoms with Crippen molar-refractivity contribution in [3.63, 3.8) is 0 Å². The third-order valence-corrected chi connectivity index (χ3v) is 4.64. The van der Waals surface area contributed by atoms with Crippen molar-refractivity contribution in [2.24, 2.45) is 5.92 Å². The van der Waals surface area contributed by atoms with Crippen molar-refractivity contribution in [2.75, 3.05) is 32.1 Å². The molecule has 1 fully saturated rings. The average molecular weight is 395 g/mol. The lowest BCUT2D eigenvalue weighted by Gasteiger charge is -2.22. The molecule has 0 unspecified atom stereocenters. The zero-order valence-electron chi connectivity index (χ0n) is 16.4. The fourth-order valence-corrected chi connectivity index (χ4v) is 2.88. The van der Waals surface area contributed by atoms with Crippen LogP contribution in [0, 0.1) is 5.92 Å². The van der Waals surface area contributed by atoms with Crippen LogP contribution in [0.4, 0.5) is 5.69 Å². The highest BCUT2D eigenvalue weighted by Gasteiger charge is 2.28. The van der Waals surface area contributed by atoms with Crippen LogP contribution in [-0.4, -0.2) is 49.4 Å². The predicted molar refractivity (Wildman–Crippen MR) is 110 cm³/mol. The SMILES string of the molecule is COc1ccc(NC(=O)CNC(=O)CN(CC2CC2)C(=O)c2ccccc2)cc1. The number of nitrogens with zero attached hydrogens (tertiary/aromatic N) is 1. The number of anilines is 1. The Morgan fingerprint density at radius 1 is 1.00 bits per heavy atom. The molecule has 1 aliphatic carbocycles. The molecule has 1 saturated carbocycles. The van der Waals surface area contributed by atoms with E-state index in [9.17, 15) is 14.4 Å². The average Bonchev–Trinajstić information content (AvgIpc) is 3.56. The van der Waals surface area contributed by atoms with Gasteiger partial charge in [0.25, 0.3) is 5.91 Å². The number of benzene rings is 2. The fourth-order valence-electron chi connectivity index (χ4n) is 2.88.